The fraction of sp³-hybridized carbons (Fsp3) is 0.190. The molecule has 3 rings (SSSR count). The van der Waals surface area contributed by atoms with Crippen LogP contribution in [0, 0.1) is 0 Å². The van der Waals surface area contributed by atoms with Crippen LogP contribution in [0.1, 0.15) is 35.0 Å². The number of amides is 1. The van der Waals surface area contributed by atoms with Gasteiger partial charge in [-0.3, -0.25) is 4.79 Å². The first-order valence-electron chi connectivity index (χ1n) is 8.50. The normalized spacial score (nSPS) is 13.2. The largest absolute Gasteiger partial charge is 0.343 e. The Labute approximate surface area is 163 Å². The number of hydrogen-bond acceptors (Lipinski definition) is 3. The number of carbonyl (C=O) groups excluding carboxylic acids is 1. The number of halogens is 1. The Kier molecular flexibility index (Phi) is 6.45. The molecule has 3 aromatic rings. The number of carbonyl (C=O) groups is 1. The summed E-state index contributed by atoms with van der Waals surface area (Å²) in [5, 5.41) is 9.11. The Morgan fingerprint density at radius 3 is 2.46 bits per heavy atom. The van der Waals surface area contributed by atoms with Gasteiger partial charge in [-0.15, -0.1) is 11.3 Å². The van der Waals surface area contributed by atoms with Crippen LogP contribution in [0.4, 0.5) is 0 Å². The van der Waals surface area contributed by atoms with Crippen molar-refractivity contribution >= 4 is 28.8 Å². The number of hydrogen-bond donors (Lipinski definition) is 2. The highest BCUT2D eigenvalue weighted by Crippen LogP contribution is 2.26. The number of thiophene rings is 1. The summed E-state index contributed by atoms with van der Waals surface area (Å²) in [6, 6.07) is 21.6. The van der Waals surface area contributed by atoms with Crippen LogP contribution in [0.2, 0.25) is 5.02 Å². The summed E-state index contributed by atoms with van der Waals surface area (Å²) >= 11 is 7.87. The lowest BCUT2D eigenvalue weighted by Gasteiger charge is -2.20. The average Bonchev–Trinajstić information content (AvgIpc) is 3.19. The van der Waals surface area contributed by atoms with E-state index < -0.39 is 0 Å². The zero-order chi connectivity index (χ0) is 18.4. The summed E-state index contributed by atoms with van der Waals surface area (Å²) in [4.78, 5) is 13.7. The van der Waals surface area contributed by atoms with Gasteiger partial charge in [-0.1, -0.05) is 66.2 Å². The first kappa shape index (κ1) is 18.6. The van der Waals surface area contributed by atoms with Crippen LogP contribution >= 0.6 is 22.9 Å². The van der Waals surface area contributed by atoms with Gasteiger partial charge >= 0.3 is 0 Å². The van der Waals surface area contributed by atoms with Crippen LogP contribution < -0.4 is 10.6 Å². The van der Waals surface area contributed by atoms with Crippen molar-refractivity contribution < 1.29 is 4.79 Å². The van der Waals surface area contributed by atoms with E-state index in [1.54, 1.807) is 11.3 Å². The predicted molar refractivity (Wildman–Crippen MR) is 109 cm³/mol. The molecule has 0 saturated carbocycles. The molecule has 1 amide bonds. The van der Waals surface area contributed by atoms with E-state index >= 15 is 0 Å². The van der Waals surface area contributed by atoms with Crippen molar-refractivity contribution in [2.75, 3.05) is 6.54 Å². The Morgan fingerprint density at radius 1 is 1.04 bits per heavy atom. The molecule has 2 aromatic carbocycles. The summed E-state index contributed by atoms with van der Waals surface area (Å²) in [5.74, 6) is -0.0499. The molecule has 26 heavy (non-hydrogen) atoms. The number of benzene rings is 2. The molecule has 0 radical (unpaired) electrons. The Balaban J connectivity index is 1.64. The number of nitrogens with one attached hydrogen (secondary N) is 2. The predicted octanol–water partition coefficient (Wildman–Crippen LogP) is 4.96. The number of rotatable bonds is 7. The zero-order valence-corrected chi connectivity index (χ0v) is 16.1. The minimum Gasteiger partial charge on any atom is -0.343 e. The molecule has 2 atom stereocenters. The highest BCUT2D eigenvalue weighted by Gasteiger charge is 2.18. The molecular formula is C21H21ClN2OS. The maximum absolute atomic E-state index is 12.5. The van der Waals surface area contributed by atoms with E-state index in [1.807, 2.05) is 79.0 Å². The van der Waals surface area contributed by atoms with Gasteiger partial charge in [0.05, 0.1) is 12.6 Å². The van der Waals surface area contributed by atoms with Crippen LogP contribution in [0.25, 0.3) is 0 Å². The summed E-state index contributed by atoms with van der Waals surface area (Å²) in [7, 11) is 0. The monoisotopic (exact) mass is 384 g/mol. The molecule has 1 aromatic heterocycles. The van der Waals surface area contributed by atoms with Gasteiger partial charge in [0.1, 0.15) is 0 Å². The van der Waals surface area contributed by atoms with Crippen molar-refractivity contribution in [3.05, 3.63) is 93.1 Å². The third kappa shape index (κ3) is 4.73. The van der Waals surface area contributed by atoms with Crippen LogP contribution in [-0.4, -0.2) is 12.5 Å². The molecule has 0 aliphatic rings. The van der Waals surface area contributed by atoms with Crippen molar-refractivity contribution in [3.63, 3.8) is 0 Å². The van der Waals surface area contributed by atoms with E-state index in [1.165, 1.54) is 0 Å². The maximum atomic E-state index is 12.5. The molecule has 2 N–H and O–H groups in total. The smallest absolute Gasteiger partial charge is 0.234 e. The molecule has 3 nitrogen and oxygen atoms in total. The van der Waals surface area contributed by atoms with Gasteiger partial charge in [0, 0.05) is 15.9 Å². The molecule has 0 aliphatic carbocycles. The molecule has 0 saturated heterocycles. The molecule has 1 heterocycles. The second kappa shape index (κ2) is 8.99. The van der Waals surface area contributed by atoms with E-state index in [9.17, 15) is 4.79 Å². The third-order valence-electron chi connectivity index (χ3n) is 4.21. The van der Waals surface area contributed by atoms with Crippen LogP contribution in [0.5, 0.6) is 0 Å². The van der Waals surface area contributed by atoms with Gasteiger partial charge in [0.15, 0.2) is 0 Å². The molecule has 5 heteroatoms. The highest BCUT2D eigenvalue weighted by atomic mass is 35.5. The Bertz CT molecular complexity index is 836. The van der Waals surface area contributed by atoms with E-state index in [4.69, 9.17) is 11.6 Å². The van der Waals surface area contributed by atoms with Crippen molar-refractivity contribution in [2.24, 2.45) is 0 Å². The molecule has 0 bridgehead atoms. The van der Waals surface area contributed by atoms with Crippen molar-refractivity contribution in [1.29, 1.82) is 0 Å². The van der Waals surface area contributed by atoms with Gasteiger partial charge in [-0.25, -0.2) is 0 Å². The standard InChI is InChI=1S/C21H21ClN2OS/c1-15(17-10-5-6-11-18(17)22)23-14-20(25)24-21(19-12-7-13-26-19)16-8-3-2-4-9-16/h2-13,15,21,23H,14H2,1H3,(H,24,25)/t15-,21-/m1/s1. The summed E-state index contributed by atoms with van der Waals surface area (Å²) in [6.45, 7) is 2.23. The van der Waals surface area contributed by atoms with E-state index in [2.05, 4.69) is 10.6 Å². The lowest BCUT2D eigenvalue weighted by molar-refractivity contribution is -0.120. The fourth-order valence-corrected chi connectivity index (χ4v) is 3.92. The topological polar surface area (TPSA) is 41.1 Å². The van der Waals surface area contributed by atoms with E-state index in [-0.39, 0.29) is 24.5 Å². The lowest BCUT2D eigenvalue weighted by atomic mass is 10.1. The average molecular weight is 385 g/mol. The Morgan fingerprint density at radius 2 is 1.77 bits per heavy atom. The fourth-order valence-electron chi connectivity index (χ4n) is 2.81. The Hall–Kier alpha value is -2.14. The minimum absolute atomic E-state index is 0.00800. The van der Waals surface area contributed by atoms with Gasteiger partial charge < -0.3 is 10.6 Å². The molecule has 0 spiro atoms. The lowest BCUT2D eigenvalue weighted by Crippen LogP contribution is -2.37. The first-order chi connectivity index (χ1) is 12.6. The minimum atomic E-state index is -0.138. The summed E-state index contributed by atoms with van der Waals surface area (Å²) in [5.41, 5.74) is 2.06. The van der Waals surface area contributed by atoms with Gasteiger partial charge in [0.25, 0.3) is 0 Å². The van der Waals surface area contributed by atoms with Gasteiger partial charge in [0.2, 0.25) is 5.91 Å². The molecule has 0 fully saturated rings. The molecular weight excluding hydrogens is 364 g/mol. The summed E-state index contributed by atoms with van der Waals surface area (Å²) in [6.07, 6.45) is 0. The van der Waals surface area contributed by atoms with Crippen LogP contribution in [0.15, 0.2) is 72.1 Å². The van der Waals surface area contributed by atoms with Gasteiger partial charge in [-0.2, -0.15) is 0 Å². The molecule has 0 unspecified atom stereocenters. The second-order valence-electron chi connectivity index (χ2n) is 6.05. The molecule has 134 valence electrons. The van der Waals surface area contributed by atoms with Crippen LogP contribution in [-0.2, 0) is 4.79 Å². The molecule has 0 aliphatic heterocycles. The van der Waals surface area contributed by atoms with E-state index in [0.29, 0.717) is 5.02 Å². The van der Waals surface area contributed by atoms with Crippen LogP contribution in [0.3, 0.4) is 0 Å². The zero-order valence-electron chi connectivity index (χ0n) is 14.5. The van der Waals surface area contributed by atoms with Crippen molar-refractivity contribution in [2.45, 2.75) is 19.0 Å². The summed E-state index contributed by atoms with van der Waals surface area (Å²) < 4.78 is 0. The second-order valence-corrected chi connectivity index (χ2v) is 7.44. The maximum Gasteiger partial charge on any atom is 0.234 e. The van der Waals surface area contributed by atoms with E-state index in [0.717, 1.165) is 16.0 Å². The third-order valence-corrected chi connectivity index (χ3v) is 5.49. The first-order valence-corrected chi connectivity index (χ1v) is 9.76. The quantitative estimate of drug-likeness (QED) is 0.604. The van der Waals surface area contributed by atoms with Crippen molar-refractivity contribution in [1.82, 2.24) is 10.6 Å². The SMILES string of the molecule is C[C@@H](NCC(=O)N[C@H](c1ccccc1)c1cccs1)c1ccccc1Cl. The van der Waals surface area contributed by atoms with Gasteiger partial charge in [-0.05, 0) is 35.6 Å². The van der Waals surface area contributed by atoms with Crippen molar-refractivity contribution in [3.8, 4) is 0 Å². The highest BCUT2D eigenvalue weighted by molar-refractivity contribution is 7.10.